The molecule has 0 amide bonds. The van der Waals surface area contributed by atoms with Crippen molar-refractivity contribution in [2.75, 3.05) is 0 Å². The quantitative estimate of drug-likeness (QED) is 0.789. The van der Waals surface area contributed by atoms with Gasteiger partial charge >= 0.3 is 0 Å². The topological polar surface area (TPSA) is 29.0 Å². The molecule has 122 valence electrons. The predicted molar refractivity (Wildman–Crippen MR) is 93.8 cm³/mol. The van der Waals surface area contributed by atoms with Crippen LogP contribution in [0.25, 0.3) is 0 Å². The molecule has 1 atom stereocenters. The van der Waals surface area contributed by atoms with Gasteiger partial charge in [-0.1, -0.05) is 31.4 Å². The molecule has 0 N–H and O–H groups in total. The number of pyridine rings is 2. The summed E-state index contributed by atoms with van der Waals surface area (Å²) in [6.45, 7) is 4.32. The number of hydrogen-bond donors (Lipinski definition) is 0. The second kappa shape index (κ2) is 8.21. The summed E-state index contributed by atoms with van der Waals surface area (Å²) in [5.41, 5.74) is 2.58. The second-order valence-corrected chi connectivity index (χ2v) is 6.77. The molecule has 0 unspecified atom stereocenters. The van der Waals surface area contributed by atoms with Crippen molar-refractivity contribution in [3.63, 3.8) is 0 Å². The van der Waals surface area contributed by atoms with E-state index < -0.39 is 0 Å². The lowest BCUT2D eigenvalue weighted by atomic mass is 9.83. The zero-order chi connectivity index (χ0) is 15.9. The van der Waals surface area contributed by atoms with E-state index in [0.717, 1.165) is 19.0 Å². The summed E-state index contributed by atoms with van der Waals surface area (Å²) in [6, 6.07) is 9.01. The molecule has 0 radical (unpaired) electrons. The predicted octanol–water partition coefficient (Wildman–Crippen LogP) is 4.45. The third-order valence-corrected chi connectivity index (χ3v) is 5.12. The van der Waals surface area contributed by atoms with Gasteiger partial charge in [0.15, 0.2) is 0 Å². The van der Waals surface area contributed by atoms with Gasteiger partial charge in [0.05, 0.1) is 0 Å². The zero-order valence-electron chi connectivity index (χ0n) is 14.1. The van der Waals surface area contributed by atoms with Crippen LogP contribution in [0.4, 0.5) is 0 Å². The van der Waals surface area contributed by atoms with Crippen LogP contribution in [0.2, 0.25) is 0 Å². The summed E-state index contributed by atoms with van der Waals surface area (Å²) >= 11 is 0. The van der Waals surface area contributed by atoms with E-state index >= 15 is 0 Å². The minimum absolute atomic E-state index is 0.593. The van der Waals surface area contributed by atoms with Crippen molar-refractivity contribution in [3.8, 4) is 0 Å². The molecule has 2 aromatic heterocycles. The van der Waals surface area contributed by atoms with Crippen molar-refractivity contribution < 1.29 is 0 Å². The van der Waals surface area contributed by atoms with Crippen LogP contribution in [0.3, 0.4) is 0 Å². The van der Waals surface area contributed by atoms with E-state index in [1.54, 1.807) is 0 Å². The van der Waals surface area contributed by atoms with Crippen molar-refractivity contribution >= 4 is 0 Å². The van der Waals surface area contributed by atoms with Crippen LogP contribution in [0.1, 0.15) is 50.2 Å². The Bertz CT molecular complexity index is 522. The lowest BCUT2D eigenvalue weighted by Crippen LogP contribution is -2.38. The van der Waals surface area contributed by atoms with E-state index in [9.17, 15) is 0 Å². The van der Waals surface area contributed by atoms with E-state index in [4.69, 9.17) is 0 Å². The molecule has 0 aliphatic heterocycles. The van der Waals surface area contributed by atoms with Gasteiger partial charge in [-0.2, -0.15) is 0 Å². The highest BCUT2D eigenvalue weighted by Gasteiger charge is 2.25. The van der Waals surface area contributed by atoms with Crippen LogP contribution in [-0.2, 0) is 13.1 Å². The lowest BCUT2D eigenvalue weighted by molar-refractivity contribution is 0.115. The van der Waals surface area contributed by atoms with Crippen LogP contribution in [0, 0.1) is 5.92 Å². The van der Waals surface area contributed by atoms with Crippen LogP contribution in [0.5, 0.6) is 0 Å². The Hall–Kier alpha value is -1.74. The highest BCUT2D eigenvalue weighted by atomic mass is 15.2. The zero-order valence-corrected chi connectivity index (χ0v) is 14.1. The first kappa shape index (κ1) is 16.1. The van der Waals surface area contributed by atoms with Gasteiger partial charge in [0.25, 0.3) is 0 Å². The van der Waals surface area contributed by atoms with Crippen molar-refractivity contribution in [1.29, 1.82) is 0 Å². The molecule has 2 aromatic rings. The Labute approximate surface area is 139 Å². The fourth-order valence-electron chi connectivity index (χ4n) is 3.71. The standard InChI is InChI=1S/C20H27N3/c1-17(20-9-3-2-4-10-20)23(15-18-7-5-11-21-13-18)16-19-8-6-12-22-14-19/h5-8,11-14,17,20H,2-4,9-10,15-16H2,1H3/t17-/m1/s1. The summed E-state index contributed by atoms with van der Waals surface area (Å²) in [7, 11) is 0. The molecule has 3 rings (SSSR count). The van der Waals surface area contributed by atoms with Crippen LogP contribution in [-0.4, -0.2) is 20.9 Å². The normalized spacial score (nSPS) is 17.3. The van der Waals surface area contributed by atoms with E-state index in [-0.39, 0.29) is 0 Å². The second-order valence-electron chi connectivity index (χ2n) is 6.77. The Balaban J connectivity index is 1.74. The van der Waals surface area contributed by atoms with Gasteiger partial charge in [-0.3, -0.25) is 14.9 Å². The van der Waals surface area contributed by atoms with Gasteiger partial charge in [0.2, 0.25) is 0 Å². The van der Waals surface area contributed by atoms with Crippen molar-refractivity contribution in [2.24, 2.45) is 5.92 Å². The van der Waals surface area contributed by atoms with Gasteiger partial charge in [-0.05, 0) is 48.9 Å². The minimum atomic E-state index is 0.593. The monoisotopic (exact) mass is 309 g/mol. The number of rotatable bonds is 6. The molecular weight excluding hydrogens is 282 g/mol. The molecule has 0 saturated heterocycles. The van der Waals surface area contributed by atoms with Crippen LogP contribution >= 0.6 is 0 Å². The van der Waals surface area contributed by atoms with Crippen molar-refractivity contribution in [2.45, 2.75) is 58.2 Å². The van der Waals surface area contributed by atoms with E-state index in [1.807, 2.05) is 36.9 Å². The van der Waals surface area contributed by atoms with E-state index in [0.29, 0.717) is 6.04 Å². The van der Waals surface area contributed by atoms with E-state index in [2.05, 4.69) is 33.9 Å². The third-order valence-electron chi connectivity index (χ3n) is 5.12. The summed E-state index contributed by atoms with van der Waals surface area (Å²) in [6.07, 6.45) is 14.6. The van der Waals surface area contributed by atoms with Crippen molar-refractivity contribution in [3.05, 3.63) is 60.2 Å². The van der Waals surface area contributed by atoms with Gasteiger partial charge in [-0.15, -0.1) is 0 Å². The Morgan fingerprint density at radius 2 is 1.52 bits per heavy atom. The van der Waals surface area contributed by atoms with Crippen LogP contribution < -0.4 is 0 Å². The number of hydrogen-bond acceptors (Lipinski definition) is 3. The fourth-order valence-corrected chi connectivity index (χ4v) is 3.71. The molecule has 1 aliphatic rings. The molecule has 1 saturated carbocycles. The van der Waals surface area contributed by atoms with Gasteiger partial charge < -0.3 is 0 Å². The van der Waals surface area contributed by atoms with Gasteiger partial charge in [0.1, 0.15) is 0 Å². The maximum absolute atomic E-state index is 4.28. The Morgan fingerprint density at radius 3 is 2.00 bits per heavy atom. The Kier molecular flexibility index (Phi) is 5.76. The highest BCUT2D eigenvalue weighted by molar-refractivity contribution is 5.11. The fraction of sp³-hybridized carbons (Fsp3) is 0.500. The first-order chi connectivity index (χ1) is 11.3. The molecule has 1 aliphatic carbocycles. The molecule has 0 aromatic carbocycles. The molecule has 2 heterocycles. The van der Waals surface area contributed by atoms with Gasteiger partial charge in [0, 0.05) is 43.9 Å². The molecule has 3 nitrogen and oxygen atoms in total. The largest absolute Gasteiger partial charge is 0.292 e. The molecular formula is C20H27N3. The average Bonchev–Trinajstić information content (AvgIpc) is 2.63. The van der Waals surface area contributed by atoms with E-state index in [1.165, 1.54) is 43.2 Å². The molecule has 0 bridgehead atoms. The molecule has 3 heteroatoms. The Morgan fingerprint density at radius 1 is 0.957 bits per heavy atom. The molecule has 23 heavy (non-hydrogen) atoms. The highest BCUT2D eigenvalue weighted by Crippen LogP contribution is 2.30. The summed E-state index contributed by atoms with van der Waals surface area (Å²) in [4.78, 5) is 11.2. The van der Waals surface area contributed by atoms with Gasteiger partial charge in [-0.25, -0.2) is 0 Å². The van der Waals surface area contributed by atoms with Crippen LogP contribution in [0.15, 0.2) is 49.1 Å². The maximum atomic E-state index is 4.28. The summed E-state index contributed by atoms with van der Waals surface area (Å²) < 4.78 is 0. The number of nitrogens with zero attached hydrogens (tertiary/aromatic N) is 3. The third kappa shape index (κ3) is 4.61. The first-order valence-corrected chi connectivity index (χ1v) is 8.85. The summed E-state index contributed by atoms with van der Waals surface area (Å²) in [5.74, 6) is 0.817. The summed E-state index contributed by atoms with van der Waals surface area (Å²) in [5, 5.41) is 0. The maximum Gasteiger partial charge on any atom is 0.0312 e. The molecule has 1 fully saturated rings. The number of aromatic nitrogens is 2. The SMILES string of the molecule is C[C@H](C1CCCCC1)N(Cc1cccnc1)Cc1cccnc1. The lowest BCUT2D eigenvalue weighted by Gasteiger charge is -2.36. The average molecular weight is 309 g/mol. The minimum Gasteiger partial charge on any atom is -0.292 e. The smallest absolute Gasteiger partial charge is 0.0312 e. The molecule has 0 spiro atoms. The van der Waals surface area contributed by atoms with Crippen molar-refractivity contribution in [1.82, 2.24) is 14.9 Å². The first-order valence-electron chi connectivity index (χ1n) is 8.85.